The molecule has 0 rings (SSSR count). The van der Waals surface area contributed by atoms with Crippen LogP contribution in [0.4, 0.5) is 0 Å². The Kier molecular flexibility index (Phi) is 25.5. The van der Waals surface area contributed by atoms with Crippen molar-refractivity contribution in [3.63, 3.8) is 0 Å². The number of nitrogens with zero attached hydrogens (tertiary/aromatic N) is 3. The topological polar surface area (TPSA) is 196 Å². The number of aliphatic carboxylic acids is 5. The van der Waals surface area contributed by atoms with Gasteiger partial charge >= 0.3 is 89.0 Å². The normalized spacial score (nSPS) is 9.97. The van der Waals surface area contributed by atoms with E-state index < -0.39 is 62.6 Å². The molecule has 0 saturated heterocycles. The van der Waals surface area contributed by atoms with Crippen LogP contribution in [0.2, 0.25) is 0 Å². The first kappa shape index (κ1) is 37.1. The van der Waals surface area contributed by atoms with Gasteiger partial charge in [-0.05, 0) is 0 Å². The quantitative estimate of drug-likeness (QED) is 0.130. The minimum absolute atomic E-state index is 0. The summed E-state index contributed by atoms with van der Waals surface area (Å²) in [7, 11) is 0. The van der Waals surface area contributed by atoms with E-state index in [1.807, 2.05) is 0 Å². The van der Waals surface area contributed by atoms with Crippen LogP contribution in [-0.2, 0) is 41.0 Å². The molecule has 0 atom stereocenters. The molecule has 0 fully saturated rings. The van der Waals surface area contributed by atoms with Crippen LogP contribution < -0.4 is 0 Å². The molecule has 0 spiro atoms. The Morgan fingerprint density at radius 1 is 0.433 bits per heavy atom. The zero-order valence-corrected chi connectivity index (χ0v) is 15.9. The van der Waals surface area contributed by atoms with Gasteiger partial charge in [0.05, 0.1) is 32.7 Å². The monoisotopic (exact) mass is 497 g/mol. The summed E-state index contributed by atoms with van der Waals surface area (Å²) in [5.41, 5.74) is 0. The molecule has 166 valence electrons. The molecule has 0 saturated carbocycles. The molecule has 0 aromatic heterocycles. The van der Waals surface area contributed by atoms with Crippen molar-refractivity contribution in [2.45, 2.75) is 0 Å². The average molecular weight is 497 g/mol. The molecular formula is C14H25FeN3Na2O10. The van der Waals surface area contributed by atoms with E-state index in [1.165, 1.54) is 4.90 Å². The molecule has 0 heterocycles. The zero-order chi connectivity index (χ0) is 21.0. The Balaban J connectivity index is -0.00000113. The van der Waals surface area contributed by atoms with Gasteiger partial charge in [-0.15, -0.1) is 0 Å². The Morgan fingerprint density at radius 3 is 0.800 bits per heavy atom. The third-order valence-corrected chi connectivity index (χ3v) is 3.26. The zero-order valence-electron chi connectivity index (χ0n) is 14.8. The van der Waals surface area contributed by atoms with Gasteiger partial charge in [0.1, 0.15) is 0 Å². The molecule has 0 aliphatic carbocycles. The van der Waals surface area contributed by atoms with Crippen molar-refractivity contribution in [2.24, 2.45) is 0 Å². The van der Waals surface area contributed by atoms with Crippen LogP contribution >= 0.6 is 0 Å². The van der Waals surface area contributed by atoms with Crippen LogP contribution in [0.15, 0.2) is 0 Å². The molecule has 0 aromatic rings. The Labute approximate surface area is 227 Å². The Bertz CT molecular complexity index is 498. The summed E-state index contributed by atoms with van der Waals surface area (Å²) in [6.45, 7) is -2.74. The second kappa shape index (κ2) is 20.6. The summed E-state index contributed by atoms with van der Waals surface area (Å²) in [6, 6.07) is 0. The predicted octanol–water partition coefficient (Wildman–Crippen LogP) is -3.98. The van der Waals surface area contributed by atoms with Crippen LogP contribution in [0.25, 0.3) is 0 Å². The summed E-state index contributed by atoms with van der Waals surface area (Å²) in [5.74, 6) is -6.16. The van der Waals surface area contributed by atoms with Crippen LogP contribution in [0.1, 0.15) is 0 Å². The van der Waals surface area contributed by atoms with E-state index in [0.29, 0.717) is 0 Å². The van der Waals surface area contributed by atoms with Crippen molar-refractivity contribution in [1.29, 1.82) is 0 Å². The van der Waals surface area contributed by atoms with Gasteiger partial charge in [0.2, 0.25) is 0 Å². The Hall–Kier alpha value is -0.251. The summed E-state index contributed by atoms with van der Waals surface area (Å²) >= 11 is 0. The first-order valence-electron chi connectivity index (χ1n) is 7.75. The van der Waals surface area contributed by atoms with Crippen molar-refractivity contribution in [3.05, 3.63) is 0 Å². The van der Waals surface area contributed by atoms with Gasteiger partial charge in [-0.2, -0.15) is 0 Å². The molecule has 30 heavy (non-hydrogen) atoms. The van der Waals surface area contributed by atoms with Gasteiger partial charge in [0.25, 0.3) is 0 Å². The summed E-state index contributed by atoms with van der Waals surface area (Å²) in [5, 5.41) is 44.1. The summed E-state index contributed by atoms with van der Waals surface area (Å²) in [4.78, 5) is 57.6. The number of hydrogen-bond donors (Lipinski definition) is 5. The van der Waals surface area contributed by atoms with E-state index in [-0.39, 0.29) is 102 Å². The fourth-order valence-corrected chi connectivity index (χ4v) is 2.22. The van der Waals surface area contributed by atoms with Gasteiger partial charge in [0.15, 0.2) is 0 Å². The summed E-state index contributed by atoms with van der Waals surface area (Å²) in [6.07, 6.45) is 0. The second-order valence-corrected chi connectivity index (χ2v) is 5.67. The van der Waals surface area contributed by atoms with Gasteiger partial charge < -0.3 is 25.5 Å². The second-order valence-electron chi connectivity index (χ2n) is 5.67. The van der Waals surface area contributed by atoms with Crippen molar-refractivity contribution >= 4 is 89.0 Å². The molecule has 13 nitrogen and oxygen atoms in total. The fraction of sp³-hybridized carbons (Fsp3) is 0.643. The molecule has 16 heteroatoms. The van der Waals surface area contributed by atoms with Gasteiger partial charge in [-0.25, -0.2) is 0 Å². The van der Waals surface area contributed by atoms with E-state index in [2.05, 4.69) is 0 Å². The standard InChI is InChI=1S/C14H23N3O10.Fe.2Na.2H/c18-10(19)5-15(1-3-16(6-11(20)21)7-12(22)23)2-4-17(8-13(24)25)9-14(26)27;;;;;/h1-9H2,(H,18,19)(H,20,21)(H,22,23)(H,24,25)(H,26,27);;;;;. The molecule has 0 bridgehead atoms. The number of carboxylic acids is 5. The third kappa shape index (κ3) is 22.4. The molecule has 0 aromatic carbocycles. The van der Waals surface area contributed by atoms with E-state index >= 15 is 0 Å². The van der Waals surface area contributed by atoms with E-state index in [9.17, 15) is 24.0 Å². The number of carbonyl (C=O) groups is 5. The maximum absolute atomic E-state index is 11.0. The first-order chi connectivity index (χ1) is 12.5. The maximum atomic E-state index is 11.0. The molecule has 0 amide bonds. The van der Waals surface area contributed by atoms with Crippen LogP contribution in [0, 0.1) is 0 Å². The molecule has 0 unspecified atom stereocenters. The molecule has 5 N–H and O–H groups in total. The van der Waals surface area contributed by atoms with E-state index in [0.717, 1.165) is 9.80 Å². The minimum atomic E-state index is -1.24. The molecule has 0 aliphatic rings. The van der Waals surface area contributed by atoms with Gasteiger partial charge in [-0.3, -0.25) is 38.7 Å². The fourth-order valence-electron chi connectivity index (χ4n) is 2.22. The first-order valence-corrected chi connectivity index (χ1v) is 7.75. The number of carboxylic acid groups (broad SMARTS) is 5. The number of rotatable bonds is 16. The van der Waals surface area contributed by atoms with Crippen molar-refractivity contribution in [1.82, 2.24) is 14.7 Å². The van der Waals surface area contributed by atoms with Crippen LogP contribution in [0.5, 0.6) is 0 Å². The van der Waals surface area contributed by atoms with Crippen LogP contribution in [0.3, 0.4) is 0 Å². The van der Waals surface area contributed by atoms with Crippen molar-refractivity contribution in [2.75, 3.05) is 58.9 Å². The van der Waals surface area contributed by atoms with Gasteiger partial charge in [-0.1, -0.05) is 0 Å². The third-order valence-electron chi connectivity index (χ3n) is 3.26. The number of hydrogen-bond acceptors (Lipinski definition) is 8. The van der Waals surface area contributed by atoms with E-state index in [1.54, 1.807) is 0 Å². The van der Waals surface area contributed by atoms with Gasteiger partial charge in [0, 0.05) is 43.2 Å². The molecule has 0 radical (unpaired) electrons. The predicted molar refractivity (Wildman–Crippen MR) is 102 cm³/mol. The van der Waals surface area contributed by atoms with Crippen molar-refractivity contribution in [3.8, 4) is 0 Å². The average Bonchev–Trinajstić information content (AvgIpc) is 2.46. The summed E-state index contributed by atoms with van der Waals surface area (Å²) < 4.78 is 0. The van der Waals surface area contributed by atoms with E-state index in [4.69, 9.17) is 25.5 Å². The SMILES string of the molecule is O=C(O)CN(CCN(CC(=O)O)CC(=O)O)CCN(CC(=O)O)CC(=O)O.[Fe].[NaH].[NaH]. The molecular weight excluding hydrogens is 472 g/mol. The van der Waals surface area contributed by atoms with Crippen LogP contribution in [-0.4, -0.2) is 188 Å². The Morgan fingerprint density at radius 2 is 0.600 bits per heavy atom. The molecule has 0 aliphatic heterocycles. The van der Waals surface area contributed by atoms with Crippen molar-refractivity contribution < 1.29 is 66.6 Å².